The average molecular weight is 310 g/mol. The minimum atomic E-state index is 0.433. The highest BCUT2D eigenvalue weighted by Gasteiger charge is 2.19. The molecule has 0 unspecified atom stereocenters. The van der Waals surface area contributed by atoms with E-state index < -0.39 is 0 Å². The van der Waals surface area contributed by atoms with Crippen molar-refractivity contribution in [2.75, 3.05) is 11.9 Å². The van der Waals surface area contributed by atoms with Crippen molar-refractivity contribution < 1.29 is 0 Å². The van der Waals surface area contributed by atoms with Gasteiger partial charge in [0.05, 0.1) is 21.3 Å². The predicted molar refractivity (Wildman–Crippen MR) is 90.2 cm³/mol. The molecule has 2 rings (SSSR count). The maximum atomic E-state index is 4.82. The fraction of sp³-hybridized carbons (Fsp3) is 0.600. The molecule has 0 radical (unpaired) electrons. The van der Waals surface area contributed by atoms with Gasteiger partial charge in [-0.25, -0.2) is 9.97 Å². The molecule has 2 heterocycles. The quantitative estimate of drug-likeness (QED) is 0.783. The van der Waals surface area contributed by atoms with Crippen molar-refractivity contribution in [3.63, 3.8) is 0 Å². The number of rotatable bonds is 6. The second-order valence-electron chi connectivity index (χ2n) is 5.54. The van der Waals surface area contributed by atoms with Gasteiger partial charge in [-0.05, 0) is 12.3 Å². The Morgan fingerprint density at radius 1 is 1.15 bits per heavy atom. The lowest BCUT2D eigenvalue weighted by Gasteiger charge is -2.02. The van der Waals surface area contributed by atoms with E-state index in [4.69, 9.17) is 9.97 Å². The van der Waals surface area contributed by atoms with Crippen LogP contribution in [0.5, 0.6) is 0 Å². The van der Waals surface area contributed by atoms with Gasteiger partial charge >= 0.3 is 0 Å². The zero-order valence-corrected chi connectivity index (χ0v) is 14.5. The normalized spacial score (nSPS) is 11.6. The molecule has 3 nitrogen and oxygen atoms in total. The van der Waals surface area contributed by atoms with Gasteiger partial charge in [0.2, 0.25) is 0 Å². The van der Waals surface area contributed by atoms with Crippen LogP contribution in [0.1, 0.15) is 63.6 Å². The van der Waals surface area contributed by atoms with E-state index in [2.05, 4.69) is 45.3 Å². The third kappa shape index (κ3) is 3.38. The first-order valence-corrected chi connectivity index (χ1v) is 8.92. The molecular formula is C15H23N3S2. The van der Waals surface area contributed by atoms with Crippen LogP contribution in [0.2, 0.25) is 0 Å². The van der Waals surface area contributed by atoms with Gasteiger partial charge in [-0.3, -0.25) is 0 Å². The largest absolute Gasteiger partial charge is 0.362 e. The second-order valence-corrected chi connectivity index (χ2v) is 7.43. The Kier molecular flexibility index (Phi) is 5.16. The summed E-state index contributed by atoms with van der Waals surface area (Å²) >= 11 is 3.47. The van der Waals surface area contributed by atoms with E-state index in [0.717, 1.165) is 23.8 Å². The van der Waals surface area contributed by atoms with Crippen molar-refractivity contribution >= 4 is 27.8 Å². The van der Waals surface area contributed by atoms with Gasteiger partial charge in [-0.2, -0.15) is 0 Å². The van der Waals surface area contributed by atoms with Gasteiger partial charge in [0, 0.05) is 17.8 Å². The van der Waals surface area contributed by atoms with Gasteiger partial charge in [0.15, 0.2) is 5.13 Å². The van der Waals surface area contributed by atoms with Crippen molar-refractivity contribution in [1.29, 1.82) is 0 Å². The van der Waals surface area contributed by atoms with Gasteiger partial charge < -0.3 is 5.32 Å². The molecule has 0 saturated heterocycles. The minimum Gasteiger partial charge on any atom is -0.362 e. The van der Waals surface area contributed by atoms with Crippen LogP contribution in [0.4, 0.5) is 5.13 Å². The van der Waals surface area contributed by atoms with Crippen LogP contribution < -0.4 is 5.32 Å². The summed E-state index contributed by atoms with van der Waals surface area (Å²) in [7, 11) is 0. The highest BCUT2D eigenvalue weighted by molar-refractivity contribution is 7.17. The van der Waals surface area contributed by atoms with Crippen molar-refractivity contribution in [2.45, 2.75) is 52.9 Å². The average Bonchev–Trinajstić information content (AvgIpc) is 3.02. The van der Waals surface area contributed by atoms with Crippen LogP contribution in [-0.2, 0) is 0 Å². The van der Waals surface area contributed by atoms with Crippen LogP contribution in [0.3, 0.4) is 0 Å². The zero-order valence-electron chi connectivity index (χ0n) is 12.9. The smallest absolute Gasteiger partial charge is 0.183 e. The maximum Gasteiger partial charge on any atom is 0.183 e. The van der Waals surface area contributed by atoms with E-state index in [1.165, 1.54) is 15.6 Å². The molecule has 2 aromatic rings. The number of thiazole rings is 2. The molecule has 110 valence electrons. The van der Waals surface area contributed by atoms with E-state index in [1.807, 2.05) is 0 Å². The van der Waals surface area contributed by atoms with Gasteiger partial charge in [-0.1, -0.05) is 34.6 Å². The van der Waals surface area contributed by atoms with Crippen LogP contribution in [0, 0.1) is 0 Å². The predicted octanol–water partition coefficient (Wildman–Crippen LogP) is 5.34. The summed E-state index contributed by atoms with van der Waals surface area (Å²) in [6.45, 7) is 11.9. The molecule has 0 spiro atoms. The molecule has 1 N–H and O–H groups in total. The molecule has 0 bridgehead atoms. The fourth-order valence-electron chi connectivity index (χ4n) is 1.86. The Balaban J connectivity index is 2.33. The third-order valence-corrected chi connectivity index (χ3v) is 5.17. The summed E-state index contributed by atoms with van der Waals surface area (Å²) in [5.74, 6) is 0.907. The highest BCUT2D eigenvalue weighted by atomic mass is 32.1. The Bertz CT molecular complexity index is 555. The molecule has 2 aromatic heterocycles. The summed E-state index contributed by atoms with van der Waals surface area (Å²) in [4.78, 5) is 10.8. The molecule has 0 aromatic carbocycles. The van der Waals surface area contributed by atoms with Gasteiger partial charge in [0.1, 0.15) is 0 Å². The number of nitrogens with one attached hydrogen (secondary N) is 1. The van der Waals surface area contributed by atoms with Crippen LogP contribution in [0.25, 0.3) is 10.6 Å². The Hall–Kier alpha value is -0.940. The van der Waals surface area contributed by atoms with E-state index >= 15 is 0 Å². The summed E-state index contributed by atoms with van der Waals surface area (Å²) < 4.78 is 0. The first kappa shape index (κ1) is 15.4. The maximum absolute atomic E-state index is 4.82. The van der Waals surface area contributed by atoms with Crippen molar-refractivity contribution in [3.8, 4) is 10.6 Å². The van der Waals surface area contributed by atoms with Gasteiger partial charge in [0.25, 0.3) is 0 Å². The topological polar surface area (TPSA) is 37.8 Å². The SMILES string of the molecule is CCCNc1nc(-c2sc(C(C)C)nc2C(C)C)cs1. The van der Waals surface area contributed by atoms with Crippen LogP contribution >= 0.6 is 22.7 Å². The number of hydrogen-bond donors (Lipinski definition) is 1. The Morgan fingerprint density at radius 2 is 1.90 bits per heavy atom. The van der Waals surface area contributed by atoms with Crippen LogP contribution in [-0.4, -0.2) is 16.5 Å². The van der Waals surface area contributed by atoms with Crippen LogP contribution in [0.15, 0.2) is 5.38 Å². The molecule has 0 fully saturated rings. The van der Waals surface area contributed by atoms with E-state index in [1.54, 1.807) is 22.7 Å². The first-order chi connectivity index (χ1) is 9.52. The zero-order chi connectivity index (χ0) is 14.7. The van der Waals surface area contributed by atoms with Crippen molar-refractivity contribution in [2.24, 2.45) is 0 Å². The molecule has 5 heteroatoms. The third-order valence-electron chi connectivity index (χ3n) is 2.97. The molecule has 20 heavy (non-hydrogen) atoms. The number of nitrogens with zero attached hydrogens (tertiary/aromatic N) is 2. The lowest BCUT2D eigenvalue weighted by atomic mass is 10.1. The molecule has 0 atom stereocenters. The second kappa shape index (κ2) is 6.68. The number of aromatic nitrogens is 2. The van der Waals surface area contributed by atoms with E-state index in [-0.39, 0.29) is 0 Å². The lowest BCUT2D eigenvalue weighted by Crippen LogP contribution is -1.98. The summed E-state index contributed by atoms with van der Waals surface area (Å²) in [6, 6.07) is 0. The van der Waals surface area contributed by atoms with Gasteiger partial charge in [-0.15, -0.1) is 22.7 Å². The lowest BCUT2D eigenvalue weighted by molar-refractivity contribution is 0.793. The monoisotopic (exact) mass is 309 g/mol. The van der Waals surface area contributed by atoms with Crippen molar-refractivity contribution in [1.82, 2.24) is 9.97 Å². The highest BCUT2D eigenvalue weighted by Crippen LogP contribution is 2.38. The van der Waals surface area contributed by atoms with Crippen molar-refractivity contribution in [3.05, 3.63) is 16.1 Å². The molecule has 0 aliphatic rings. The minimum absolute atomic E-state index is 0.433. The molecule has 0 aliphatic carbocycles. The van der Waals surface area contributed by atoms with E-state index in [0.29, 0.717) is 11.8 Å². The number of hydrogen-bond acceptors (Lipinski definition) is 5. The molecular weight excluding hydrogens is 286 g/mol. The summed E-state index contributed by atoms with van der Waals surface area (Å²) in [5, 5.41) is 7.71. The number of anilines is 1. The molecule has 0 amide bonds. The fourth-order valence-corrected chi connectivity index (χ4v) is 3.85. The summed E-state index contributed by atoms with van der Waals surface area (Å²) in [6.07, 6.45) is 1.12. The Labute approximate surface area is 129 Å². The molecule has 0 aliphatic heterocycles. The Morgan fingerprint density at radius 3 is 2.50 bits per heavy atom. The summed E-state index contributed by atoms with van der Waals surface area (Å²) in [5.41, 5.74) is 2.26. The standard InChI is InChI=1S/C15H23N3S2/c1-6-7-16-15-17-11(8-19-15)13-12(9(2)3)18-14(20-13)10(4)5/h8-10H,6-7H2,1-5H3,(H,16,17). The first-order valence-electron chi connectivity index (χ1n) is 7.23. The molecule has 0 saturated carbocycles. The van der Waals surface area contributed by atoms with E-state index in [9.17, 15) is 0 Å².